The maximum Gasteiger partial charge on any atom is 0.337 e. The smallest absolute Gasteiger partial charge is 0.337 e. The number of hydrogen-bond donors (Lipinski definition) is 0. The lowest BCUT2D eigenvalue weighted by atomic mass is 10.2. The molecule has 0 atom stereocenters. The molecule has 0 N–H and O–H groups in total. The van der Waals surface area contributed by atoms with Crippen LogP contribution in [0.15, 0.2) is 41.3 Å². The fourth-order valence-electron chi connectivity index (χ4n) is 2.35. The molecule has 26 heavy (non-hydrogen) atoms. The molecule has 0 heterocycles. The molecule has 0 unspecified atom stereocenters. The topological polar surface area (TPSA) is 72.9 Å². The van der Waals surface area contributed by atoms with E-state index in [1.54, 1.807) is 6.92 Å². The van der Waals surface area contributed by atoms with Gasteiger partial charge in [0.2, 0.25) is 0 Å². The number of esters is 1. The molecule has 140 valence electrons. The van der Waals surface area contributed by atoms with Crippen molar-refractivity contribution in [2.75, 3.05) is 25.1 Å². The van der Waals surface area contributed by atoms with Gasteiger partial charge >= 0.3 is 5.97 Å². The first-order valence-electron chi connectivity index (χ1n) is 7.50. The van der Waals surface area contributed by atoms with Gasteiger partial charge in [0, 0.05) is 6.54 Å². The molecule has 2 rings (SSSR count). The Bertz CT molecular complexity index is 931. The van der Waals surface area contributed by atoms with Crippen molar-refractivity contribution in [3.63, 3.8) is 0 Å². The number of hydrogen-bond acceptors (Lipinski definition) is 5. The number of carbonyl (C=O) groups excluding carboxylic acids is 1. The third-order valence-electron chi connectivity index (χ3n) is 3.63. The number of anilines is 1. The van der Waals surface area contributed by atoms with Gasteiger partial charge in [0.15, 0.2) is 0 Å². The highest BCUT2D eigenvalue weighted by Gasteiger charge is 2.27. The van der Waals surface area contributed by atoms with Gasteiger partial charge in [-0.2, -0.15) is 0 Å². The molecule has 0 saturated heterocycles. The van der Waals surface area contributed by atoms with Crippen molar-refractivity contribution in [2.24, 2.45) is 0 Å². The quantitative estimate of drug-likeness (QED) is 0.663. The van der Waals surface area contributed by atoms with E-state index in [2.05, 4.69) is 4.74 Å². The van der Waals surface area contributed by atoms with Gasteiger partial charge in [0.05, 0.1) is 40.4 Å². The van der Waals surface area contributed by atoms with Crippen molar-refractivity contribution >= 4 is 44.9 Å². The molecular formula is C17H17Cl2NO5S. The zero-order chi connectivity index (χ0) is 19.5. The second-order valence-electron chi connectivity index (χ2n) is 5.12. The van der Waals surface area contributed by atoms with E-state index in [0.29, 0.717) is 5.75 Å². The minimum atomic E-state index is -3.97. The second kappa shape index (κ2) is 8.16. The van der Waals surface area contributed by atoms with Crippen LogP contribution in [0.25, 0.3) is 0 Å². The molecular weight excluding hydrogens is 401 g/mol. The number of rotatable bonds is 6. The van der Waals surface area contributed by atoms with Crippen LogP contribution >= 0.6 is 23.2 Å². The van der Waals surface area contributed by atoms with E-state index >= 15 is 0 Å². The zero-order valence-corrected chi connectivity index (χ0v) is 16.7. The summed E-state index contributed by atoms with van der Waals surface area (Å²) in [5, 5.41) is 0.349. The standard InChI is InChI=1S/C17H17Cl2NO5S/c1-4-20(15-9-11(17(21)25-3)5-7-13(15)18)26(22,23)12-6-8-16(24-2)14(19)10-12/h5-10H,4H2,1-3H3. The molecule has 0 amide bonds. The molecule has 0 radical (unpaired) electrons. The summed E-state index contributed by atoms with van der Waals surface area (Å²) in [6.45, 7) is 1.75. The van der Waals surface area contributed by atoms with Gasteiger partial charge in [-0.25, -0.2) is 13.2 Å². The zero-order valence-electron chi connectivity index (χ0n) is 14.3. The van der Waals surface area contributed by atoms with Gasteiger partial charge in [-0.1, -0.05) is 23.2 Å². The molecule has 9 heteroatoms. The third-order valence-corrected chi connectivity index (χ3v) is 6.13. The first-order valence-corrected chi connectivity index (χ1v) is 9.70. The molecule has 2 aromatic rings. The summed E-state index contributed by atoms with van der Waals surface area (Å²) in [6, 6.07) is 8.44. The van der Waals surface area contributed by atoms with Crippen LogP contribution < -0.4 is 9.04 Å². The fourth-order valence-corrected chi connectivity index (χ4v) is 4.46. The lowest BCUT2D eigenvalue weighted by Gasteiger charge is -2.24. The Morgan fingerprint density at radius 3 is 2.31 bits per heavy atom. The van der Waals surface area contributed by atoms with Crippen LogP contribution in [0.3, 0.4) is 0 Å². The number of nitrogens with zero attached hydrogens (tertiary/aromatic N) is 1. The predicted octanol–water partition coefficient (Wildman–Crippen LogP) is 4.00. The number of benzene rings is 2. The molecule has 0 spiro atoms. The summed E-state index contributed by atoms with van der Waals surface area (Å²) in [5.41, 5.74) is 0.359. The summed E-state index contributed by atoms with van der Waals surface area (Å²) >= 11 is 12.2. The molecule has 0 aliphatic rings. The van der Waals surface area contributed by atoms with E-state index in [0.717, 1.165) is 4.31 Å². The fraction of sp³-hybridized carbons (Fsp3) is 0.235. The maximum atomic E-state index is 13.1. The van der Waals surface area contributed by atoms with Gasteiger partial charge < -0.3 is 9.47 Å². The Kier molecular flexibility index (Phi) is 6.39. The number of ether oxygens (including phenoxy) is 2. The Labute approximate surface area is 162 Å². The molecule has 6 nitrogen and oxygen atoms in total. The number of methoxy groups -OCH3 is 2. The van der Waals surface area contributed by atoms with Crippen LogP contribution in [0.1, 0.15) is 17.3 Å². The minimum Gasteiger partial charge on any atom is -0.495 e. The van der Waals surface area contributed by atoms with Gasteiger partial charge in [-0.15, -0.1) is 0 Å². The molecule has 0 aliphatic carbocycles. The second-order valence-corrected chi connectivity index (χ2v) is 7.80. The van der Waals surface area contributed by atoms with Crippen molar-refractivity contribution in [3.05, 3.63) is 52.0 Å². The molecule has 0 bridgehead atoms. The van der Waals surface area contributed by atoms with Gasteiger partial charge in [-0.3, -0.25) is 4.31 Å². The summed E-state index contributed by atoms with van der Waals surface area (Å²) in [5.74, 6) is -0.233. The normalized spacial score (nSPS) is 11.1. The van der Waals surface area contributed by atoms with E-state index in [9.17, 15) is 13.2 Å². The Morgan fingerprint density at radius 2 is 1.77 bits per heavy atom. The number of sulfonamides is 1. The highest BCUT2D eigenvalue weighted by Crippen LogP contribution is 2.34. The van der Waals surface area contributed by atoms with Gasteiger partial charge in [0.1, 0.15) is 5.75 Å². The largest absolute Gasteiger partial charge is 0.495 e. The predicted molar refractivity (Wildman–Crippen MR) is 101 cm³/mol. The number of halogens is 2. The van der Waals surface area contributed by atoms with Crippen LogP contribution in [0, 0.1) is 0 Å². The van der Waals surface area contributed by atoms with Crippen LogP contribution in [-0.4, -0.2) is 35.2 Å². The summed E-state index contributed by atoms with van der Waals surface area (Å²) in [4.78, 5) is 11.7. The Hall–Kier alpha value is -1.96. The number of carbonyl (C=O) groups is 1. The highest BCUT2D eigenvalue weighted by molar-refractivity contribution is 7.92. The first-order chi connectivity index (χ1) is 12.3. The minimum absolute atomic E-state index is 0.0234. The molecule has 0 saturated carbocycles. The lowest BCUT2D eigenvalue weighted by Crippen LogP contribution is -2.31. The van der Waals surface area contributed by atoms with Crippen LogP contribution in [0.5, 0.6) is 5.75 Å². The Morgan fingerprint density at radius 1 is 1.08 bits per heavy atom. The molecule has 2 aromatic carbocycles. The van der Waals surface area contributed by atoms with E-state index in [1.807, 2.05) is 0 Å². The van der Waals surface area contributed by atoms with Crippen molar-refractivity contribution < 1.29 is 22.7 Å². The third kappa shape index (κ3) is 3.90. The van der Waals surface area contributed by atoms with Gasteiger partial charge in [-0.05, 0) is 43.3 Å². The lowest BCUT2D eigenvalue weighted by molar-refractivity contribution is 0.0600. The summed E-state index contributed by atoms with van der Waals surface area (Å²) < 4.78 is 37.0. The van der Waals surface area contributed by atoms with Crippen LogP contribution in [0.2, 0.25) is 10.0 Å². The van der Waals surface area contributed by atoms with Gasteiger partial charge in [0.25, 0.3) is 10.0 Å². The van der Waals surface area contributed by atoms with Crippen LogP contribution in [0.4, 0.5) is 5.69 Å². The first kappa shape index (κ1) is 20.4. The van der Waals surface area contributed by atoms with E-state index < -0.39 is 16.0 Å². The van der Waals surface area contributed by atoms with Crippen molar-refractivity contribution in [1.82, 2.24) is 0 Å². The van der Waals surface area contributed by atoms with Crippen molar-refractivity contribution in [2.45, 2.75) is 11.8 Å². The van der Waals surface area contributed by atoms with Crippen molar-refractivity contribution in [3.8, 4) is 5.75 Å². The molecule has 0 aromatic heterocycles. The average Bonchev–Trinajstić information content (AvgIpc) is 2.62. The highest BCUT2D eigenvalue weighted by atomic mass is 35.5. The SMILES string of the molecule is CCN(c1cc(C(=O)OC)ccc1Cl)S(=O)(=O)c1ccc(OC)c(Cl)c1. The maximum absolute atomic E-state index is 13.1. The summed E-state index contributed by atoms with van der Waals surface area (Å²) in [7, 11) is -1.29. The molecule has 0 aliphatic heterocycles. The van der Waals surface area contributed by atoms with E-state index in [-0.39, 0.29) is 32.7 Å². The van der Waals surface area contributed by atoms with Crippen molar-refractivity contribution in [1.29, 1.82) is 0 Å². The van der Waals surface area contributed by atoms with E-state index in [1.165, 1.54) is 50.6 Å². The summed E-state index contributed by atoms with van der Waals surface area (Å²) in [6.07, 6.45) is 0. The monoisotopic (exact) mass is 417 g/mol. The Balaban J connectivity index is 2.57. The van der Waals surface area contributed by atoms with Crippen LogP contribution in [-0.2, 0) is 14.8 Å². The molecule has 0 fully saturated rings. The van der Waals surface area contributed by atoms with E-state index in [4.69, 9.17) is 27.9 Å². The average molecular weight is 418 g/mol.